The number of anilines is 1. The maximum absolute atomic E-state index is 6.21. The molecule has 2 aliphatic rings. The van der Waals surface area contributed by atoms with Gasteiger partial charge in [-0.1, -0.05) is 6.42 Å². The molecule has 0 bridgehead atoms. The molecule has 15 heavy (non-hydrogen) atoms. The third-order valence-corrected chi connectivity index (χ3v) is 4.05. The van der Waals surface area contributed by atoms with Gasteiger partial charge in [-0.15, -0.1) is 0 Å². The smallest absolute Gasteiger partial charge is 0.0487 e. The number of aromatic nitrogens is 1. The van der Waals surface area contributed by atoms with Crippen LogP contribution in [-0.4, -0.2) is 4.98 Å². The fourth-order valence-corrected chi connectivity index (χ4v) is 2.81. The highest BCUT2D eigenvalue weighted by atomic mass is 14.8. The van der Waals surface area contributed by atoms with Crippen LogP contribution in [0.25, 0.3) is 0 Å². The molecule has 2 nitrogen and oxygen atoms in total. The number of fused-ring (bicyclic) bond motifs is 1. The van der Waals surface area contributed by atoms with Crippen molar-refractivity contribution in [2.45, 2.75) is 51.4 Å². The lowest BCUT2D eigenvalue weighted by Gasteiger charge is -2.27. The van der Waals surface area contributed by atoms with Gasteiger partial charge in [0.05, 0.1) is 0 Å². The summed E-state index contributed by atoms with van der Waals surface area (Å²) in [5, 5.41) is 0. The summed E-state index contributed by atoms with van der Waals surface area (Å²) in [5.74, 6) is 0.707. The van der Waals surface area contributed by atoms with Gasteiger partial charge in [-0.2, -0.15) is 0 Å². The summed E-state index contributed by atoms with van der Waals surface area (Å²) in [6.07, 6.45) is 7.50. The van der Waals surface area contributed by atoms with Gasteiger partial charge in [0.25, 0.3) is 0 Å². The summed E-state index contributed by atoms with van der Waals surface area (Å²) in [7, 11) is 0. The fourth-order valence-electron chi connectivity index (χ4n) is 2.81. The van der Waals surface area contributed by atoms with Crippen molar-refractivity contribution in [3.8, 4) is 0 Å². The van der Waals surface area contributed by atoms with Crippen molar-refractivity contribution < 1.29 is 0 Å². The first-order valence-corrected chi connectivity index (χ1v) is 6.05. The number of nitrogen functional groups attached to an aromatic ring is 1. The van der Waals surface area contributed by atoms with Gasteiger partial charge in [-0.25, -0.2) is 0 Å². The Hall–Kier alpha value is -1.05. The number of hydrogen-bond acceptors (Lipinski definition) is 2. The molecule has 0 aromatic carbocycles. The number of aryl methyl sites for hydroxylation is 1. The zero-order valence-corrected chi connectivity index (χ0v) is 9.34. The van der Waals surface area contributed by atoms with Crippen LogP contribution in [0.2, 0.25) is 0 Å². The van der Waals surface area contributed by atoms with E-state index in [2.05, 4.69) is 6.92 Å². The average Bonchev–Trinajstić information content (AvgIpc) is 2.58. The number of nitrogens with two attached hydrogens (primary N) is 1. The van der Waals surface area contributed by atoms with E-state index in [4.69, 9.17) is 10.7 Å². The first kappa shape index (κ1) is 9.20. The Bertz CT molecular complexity index is 405. The molecule has 1 aromatic heterocycles. The van der Waals surface area contributed by atoms with Gasteiger partial charge in [0.1, 0.15) is 0 Å². The molecule has 1 heterocycles. The summed E-state index contributed by atoms with van der Waals surface area (Å²) in [5.41, 5.74) is 12.5. The molecular weight excluding hydrogens is 184 g/mol. The summed E-state index contributed by atoms with van der Waals surface area (Å²) < 4.78 is 0. The SMILES string of the molecule is Cc1c(C2CCC2)nc2c(c1N)CCC2. The minimum atomic E-state index is 0.707. The van der Waals surface area contributed by atoms with Gasteiger partial charge < -0.3 is 5.73 Å². The van der Waals surface area contributed by atoms with Crippen molar-refractivity contribution in [1.29, 1.82) is 0 Å². The standard InChI is InChI=1S/C13H18N2/c1-8-12(14)10-6-3-7-11(10)15-13(8)9-4-2-5-9/h9H,2-7H2,1H3,(H2,14,15). The van der Waals surface area contributed by atoms with E-state index in [0.29, 0.717) is 5.92 Å². The van der Waals surface area contributed by atoms with Crippen molar-refractivity contribution in [2.75, 3.05) is 5.73 Å². The second-order valence-electron chi connectivity index (χ2n) is 4.94. The minimum absolute atomic E-state index is 0.707. The monoisotopic (exact) mass is 202 g/mol. The highest BCUT2D eigenvalue weighted by Crippen LogP contribution is 2.40. The minimum Gasteiger partial charge on any atom is -0.398 e. The molecule has 0 aliphatic heterocycles. The van der Waals surface area contributed by atoms with Gasteiger partial charge >= 0.3 is 0 Å². The maximum Gasteiger partial charge on any atom is 0.0487 e. The summed E-state index contributed by atoms with van der Waals surface area (Å²) in [6.45, 7) is 2.15. The molecule has 1 fully saturated rings. The normalized spacial score (nSPS) is 20.1. The Morgan fingerprint density at radius 2 is 2.00 bits per heavy atom. The van der Waals surface area contributed by atoms with Gasteiger partial charge in [0.15, 0.2) is 0 Å². The molecule has 0 radical (unpaired) electrons. The van der Waals surface area contributed by atoms with Gasteiger partial charge in [-0.05, 0) is 50.2 Å². The highest BCUT2D eigenvalue weighted by molar-refractivity contribution is 5.58. The molecule has 0 unspecified atom stereocenters. The molecule has 0 atom stereocenters. The molecule has 0 saturated heterocycles. The van der Waals surface area contributed by atoms with Crippen molar-refractivity contribution >= 4 is 5.69 Å². The Balaban J connectivity index is 2.11. The first-order chi connectivity index (χ1) is 7.27. The Morgan fingerprint density at radius 3 is 2.67 bits per heavy atom. The van der Waals surface area contributed by atoms with Crippen LogP contribution in [-0.2, 0) is 12.8 Å². The van der Waals surface area contributed by atoms with Crippen LogP contribution < -0.4 is 5.73 Å². The zero-order valence-electron chi connectivity index (χ0n) is 9.34. The van der Waals surface area contributed by atoms with E-state index in [0.717, 1.165) is 18.5 Å². The lowest BCUT2D eigenvalue weighted by molar-refractivity contribution is 0.409. The zero-order chi connectivity index (χ0) is 10.4. The number of pyridine rings is 1. The molecule has 0 spiro atoms. The quantitative estimate of drug-likeness (QED) is 0.760. The third-order valence-electron chi connectivity index (χ3n) is 4.05. The molecule has 1 aromatic rings. The molecule has 0 amide bonds. The van der Waals surface area contributed by atoms with Crippen LogP contribution in [0.1, 0.15) is 54.1 Å². The van der Waals surface area contributed by atoms with E-state index in [1.807, 2.05) is 0 Å². The van der Waals surface area contributed by atoms with E-state index in [-0.39, 0.29) is 0 Å². The van der Waals surface area contributed by atoms with Crippen LogP contribution in [0.15, 0.2) is 0 Å². The maximum atomic E-state index is 6.21. The van der Waals surface area contributed by atoms with E-state index < -0.39 is 0 Å². The van der Waals surface area contributed by atoms with E-state index in [1.165, 1.54) is 48.2 Å². The van der Waals surface area contributed by atoms with Crippen molar-refractivity contribution in [3.63, 3.8) is 0 Å². The predicted molar refractivity (Wildman–Crippen MR) is 62.0 cm³/mol. The second kappa shape index (κ2) is 3.22. The van der Waals surface area contributed by atoms with Crippen LogP contribution in [0.5, 0.6) is 0 Å². The summed E-state index contributed by atoms with van der Waals surface area (Å²) in [6, 6.07) is 0. The van der Waals surface area contributed by atoms with E-state index in [9.17, 15) is 0 Å². The number of hydrogen-bond donors (Lipinski definition) is 1. The van der Waals surface area contributed by atoms with Crippen LogP contribution in [0.3, 0.4) is 0 Å². The fraction of sp³-hybridized carbons (Fsp3) is 0.615. The molecular formula is C13H18N2. The number of rotatable bonds is 1. The van der Waals surface area contributed by atoms with E-state index >= 15 is 0 Å². The molecule has 2 heteroatoms. The lowest BCUT2D eigenvalue weighted by Crippen LogP contribution is -2.15. The van der Waals surface area contributed by atoms with Crippen LogP contribution >= 0.6 is 0 Å². The summed E-state index contributed by atoms with van der Waals surface area (Å²) >= 11 is 0. The second-order valence-corrected chi connectivity index (χ2v) is 4.94. The average molecular weight is 202 g/mol. The van der Waals surface area contributed by atoms with Crippen molar-refractivity contribution in [1.82, 2.24) is 4.98 Å². The van der Waals surface area contributed by atoms with E-state index in [1.54, 1.807) is 0 Å². The topological polar surface area (TPSA) is 38.9 Å². The Morgan fingerprint density at radius 1 is 1.20 bits per heavy atom. The Labute approximate surface area is 90.9 Å². The number of nitrogens with zero attached hydrogens (tertiary/aromatic N) is 1. The highest BCUT2D eigenvalue weighted by Gasteiger charge is 2.26. The van der Waals surface area contributed by atoms with Crippen LogP contribution in [0.4, 0.5) is 5.69 Å². The lowest BCUT2D eigenvalue weighted by atomic mass is 9.80. The first-order valence-electron chi connectivity index (χ1n) is 6.05. The predicted octanol–water partition coefficient (Wildman–Crippen LogP) is 2.73. The summed E-state index contributed by atoms with van der Waals surface area (Å²) in [4.78, 5) is 4.86. The molecule has 2 N–H and O–H groups in total. The molecule has 2 aliphatic carbocycles. The molecule has 80 valence electrons. The largest absolute Gasteiger partial charge is 0.398 e. The van der Waals surface area contributed by atoms with Crippen molar-refractivity contribution in [2.24, 2.45) is 0 Å². The Kier molecular flexibility index (Phi) is 1.98. The van der Waals surface area contributed by atoms with Crippen molar-refractivity contribution in [3.05, 3.63) is 22.5 Å². The van der Waals surface area contributed by atoms with Crippen LogP contribution in [0, 0.1) is 6.92 Å². The third kappa shape index (κ3) is 1.27. The van der Waals surface area contributed by atoms with Gasteiger partial charge in [-0.3, -0.25) is 4.98 Å². The van der Waals surface area contributed by atoms with Gasteiger partial charge in [0.2, 0.25) is 0 Å². The van der Waals surface area contributed by atoms with Gasteiger partial charge in [0, 0.05) is 23.0 Å². The molecule has 1 saturated carbocycles. The molecule has 3 rings (SSSR count).